The van der Waals surface area contributed by atoms with Crippen LogP contribution >= 0.6 is 0 Å². The van der Waals surface area contributed by atoms with Gasteiger partial charge >= 0.3 is 0 Å². The Morgan fingerprint density at radius 2 is 0.541 bits per heavy atom. The van der Waals surface area contributed by atoms with Gasteiger partial charge in [-0.1, -0.05) is 196 Å². The van der Waals surface area contributed by atoms with Gasteiger partial charge in [0.1, 0.15) is 46.0 Å². The van der Waals surface area contributed by atoms with Crippen LogP contribution in [-0.2, 0) is 36.5 Å². The molecule has 0 aromatic heterocycles. The summed E-state index contributed by atoms with van der Waals surface area (Å²) in [6.45, 7) is 3.98. The lowest BCUT2D eigenvalue weighted by Crippen LogP contribution is -2.31. The van der Waals surface area contributed by atoms with Gasteiger partial charge in [-0.15, -0.1) is 0 Å². The fourth-order valence-corrected chi connectivity index (χ4v) is 15.9. The first-order valence-corrected chi connectivity index (χ1v) is 34.5. The minimum atomic E-state index is -0.530. The first-order valence-electron chi connectivity index (χ1n) is 34.5. The fraction of sp³-hybridized carbons (Fsp3) is 0.200. The number of rotatable bonds is 17. The van der Waals surface area contributed by atoms with Crippen LogP contribution in [0.1, 0.15) is 142 Å². The van der Waals surface area contributed by atoms with Crippen LogP contribution in [0.5, 0.6) is 46.0 Å². The van der Waals surface area contributed by atoms with Crippen molar-refractivity contribution in [2.75, 3.05) is 0 Å². The minimum absolute atomic E-state index is 0.166. The van der Waals surface area contributed by atoms with E-state index in [2.05, 4.69) is 84.9 Å². The van der Waals surface area contributed by atoms with Crippen LogP contribution in [0.3, 0.4) is 0 Å². The van der Waals surface area contributed by atoms with E-state index in [4.69, 9.17) is 0 Å². The summed E-state index contributed by atoms with van der Waals surface area (Å²) in [4.78, 5) is 0. The Labute approximate surface area is 574 Å². The smallest absolute Gasteiger partial charge is 0.126 e. The Morgan fingerprint density at radius 3 is 0.878 bits per heavy atom. The lowest BCUT2D eigenvalue weighted by Gasteiger charge is -2.40. The zero-order chi connectivity index (χ0) is 67.7. The van der Waals surface area contributed by atoms with Crippen molar-refractivity contribution in [1.82, 2.24) is 0 Å². The van der Waals surface area contributed by atoms with E-state index in [0.717, 1.165) is 187 Å². The van der Waals surface area contributed by atoms with Crippen LogP contribution in [0.2, 0.25) is 0 Å². The molecular formula is C90H82O8. The molecule has 8 heteroatoms. The Kier molecular flexibility index (Phi) is 17.9. The third-order valence-corrected chi connectivity index (χ3v) is 21.3. The maximum atomic E-state index is 13.0. The zero-order valence-electron chi connectivity index (χ0n) is 55.6. The standard InChI is InChI=1S/C90H82O8/c1-57-41-79(93)35-29-63(57)45-71-51-75(54-82(87(71)97)62-19-9-4-10-20-62)90(39-13-6-14-40-90)76-52-72(46-64-30-36-80(94)42-58(64)2)88(98)84(56-76)68-24-16-22-66(48-68)65-21-15-23-67(47-65)83-55-74(50-70(86(83)96)44-60-27-33-78(92)34-28-60)89(37-11-5-12-38-89)73-49-69(43-59-25-31-77(91)32-26-59)85(95)81(53-73)61-17-7-3-8-18-61/h3-4,7-10,15-36,41-42,47-56,91-98H,5-6,11-14,37-40,43-46H2,1-2H3. The number of hydrogen-bond acceptors (Lipinski definition) is 8. The van der Waals surface area contributed by atoms with Crippen molar-refractivity contribution in [2.24, 2.45) is 0 Å². The monoisotopic (exact) mass is 1290 g/mol. The van der Waals surface area contributed by atoms with E-state index in [0.29, 0.717) is 36.8 Å². The molecule has 0 atom stereocenters. The molecule has 490 valence electrons. The molecule has 8 nitrogen and oxygen atoms in total. The number of phenolic OH excluding ortho intramolecular Hbond substituents is 8. The average Bonchev–Trinajstić information content (AvgIpc) is 0.749. The SMILES string of the molecule is Cc1cc(O)ccc1Cc1cc(C2(c3cc(Cc4ccc(O)cc4C)c(O)c(-c4cccc(-c5cccc(-c6cc(C7(c8cc(Cc9ccc(O)cc9)c(O)c(-c9ccccc9)c8)CCCCC7)cc(Cc7ccc(O)cc7)c6O)c5)c4)c3)CCCCC2)cc(-c2ccccc2)c1O. The summed E-state index contributed by atoms with van der Waals surface area (Å²) in [5.74, 6) is 1.52. The molecule has 8 N–H and O–H groups in total. The molecule has 2 aliphatic rings. The molecule has 0 aliphatic heterocycles. The van der Waals surface area contributed by atoms with Gasteiger partial charge in [0.2, 0.25) is 0 Å². The van der Waals surface area contributed by atoms with Crippen LogP contribution in [0.25, 0.3) is 55.6 Å². The molecule has 0 amide bonds. The molecule has 0 saturated heterocycles. The summed E-state index contributed by atoms with van der Waals surface area (Å²) in [5, 5.41) is 92.3. The largest absolute Gasteiger partial charge is 0.508 e. The number of benzene rings is 12. The van der Waals surface area contributed by atoms with Crippen LogP contribution < -0.4 is 0 Å². The highest BCUT2D eigenvalue weighted by Gasteiger charge is 2.40. The Hall–Kier alpha value is -11.0. The first-order chi connectivity index (χ1) is 47.6. The minimum Gasteiger partial charge on any atom is -0.508 e. The van der Waals surface area contributed by atoms with E-state index in [1.54, 1.807) is 48.5 Å². The topological polar surface area (TPSA) is 162 Å². The first kappa shape index (κ1) is 64.4. The third kappa shape index (κ3) is 13.0. The van der Waals surface area contributed by atoms with Gasteiger partial charge < -0.3 is 40.9 Å². The molecule has 0 spiro atoms. The molecule has 2 fully saturated rings. The molecule has 14 rings (SSSR count). The molecule has 2 saturated carbocycles. The second-order valence-electron chi connectivity index (χ2n) is 27.6. The Balaban J connectivity index is 0.911. The van der Waals surface area contributed by atoms with E-state index in [-0.39, 0.29) is 46.0 Å². The summed E-state index contributed by atoms with van der Waals surface area (Å²) in [6.07, 6.45) is 11.2. The highest BCUT2D eigenvalue weighted by Crippen LogP contribution is 2.54. The van der Waals surface area contributed by atoms with Crippen molar-refractivity contribution in [1.29, 1.82) is 0 Å². The lowest BCUT2D eigenvalue weighted by atomic mass is 9.64. The maximum absolute atomic E-state index is 13.0. The predicted octanol–water partition coefficient (Wildman–Crippen LogP) is 21.1. The molecular weight excluding hydrogens is 1210 g/mol. The molecule has 2 aliphatic carbocycles. The zero-order valence-corrected chi connectivity index (χ0v) is 55.6. The van der Waals surface area contributed by atoms with Crippen molar-refractivity contribution < 1.29 is 40.9 Å². The fourth-order valence-electron chi connectivity index (χ4n) is 15.9. The molecule has 0 bridgehead atoms. The van der Waals surface area contributed by atoms with Gasteiger partial charge in [-0.05, 0) is 236 Å². The summed E-state index contributed by atoms with van der Waals surface area (Å²) < 4.78 is 0. The summed E-state index contributed by atoms with van der Waals surface area (Å²) in [6, 6.07) is 79.6. The number of aryl methyl sites for hydroxylation is 2. The third-order valence-electron chi connectivity index (χ3n) is 21.3. The van der Waals surface area contributed by atoms with Gasteiger partial charge in [-0.25, -0.2) is 0 Å². The quantitative estimate of drug-likeness (QED) is 0.0447. The van der Waals surface area contributed by atoms with E-state index in [1.807, 2.05) is 123 Å². The molecule has 0 radical (unpaired) electrons. The van der Waals surface area contributed by atoms with Crippen LogP contribution in [-0.4, -0.2) is 40.9 Å². The highest BCUT2D eigenvalue weighted by molar-refractivity contribution is 5.83. The van der Waals surface area contributed by atoms with E-state index >= 15 is 0 Å². The Morgan fingerprint density at radius 1 is 0.245 bits per heavy atom. The molecule has 12 aromatic carbocycles. The average molecular weight is 1290 g/mol. The number of hydrogen-bond donors (Lipinski definition) is 8. The van der Waals surface area contributed by atoms with Crippen LogP contribution in [0.15, 0.2) is 243 Å². The van der Waals surface area contributed by atoms with Gasteiger partial charge in [0.25, 0.3) is 0 Å². The van der Waals surface area contributed by atoms with Gasteiger partial charge in [-0.3, -0.25) is 0 Å². The molecule has 12 aromatic rings. The second-order valence-corrected chi connectivity index (χ2v) is 27.6. The summed E-state index contributed by atoms with van der Waals surface area (Å²) in [5.41, 5.74) is 20.3. The van der Waals surface area contributed by atoms with Crippen molar-refractivity contribution in [2.45, 2.75) is 115 Å². The van der Waals surface area contributed by atoms with E-state index in [1.165, 1.54) is 0 Å². The van der Waals surface area contributed by atoms with Crippen molar-refractivity contribution in [3.63, 3.8) is 0 Å². The molecule has 0 unspecified atom stereocenters. The van der Waals surface area contributed by atoms with E-state index in [9.17, 15) is 40.9 Å². The highest BCUT2D eigenvalue weighted by atomic mass is 16.3. The van der Waals surface area contributed by atoms with Gasteiger partial charge in [0.15, 0.2) is 0 Å². The number of phenols is 8. The predicted molar refractivity (Wildman–Crippen MR) is 394 cm³/mol. The lowest BCUT2D eigenvalue weighted by molar-refractivity contribution is 0.345. The summed E-state index contributed by atoms with van der Waals surface area (Å²) >= 11 is 0. The van der Waals surface area contributed by atoms with Crippen molar-refractivity contribution in [3.05, 3.63) is 321 Å². The molecule has 98 heavy (non-hydrogen) atoms. The maximum Gasteiger partial charge on any atom is 0.126 e. The molecule has 0 heterocycles. The second kappa shape index (κ2) is 27.3. The normalized spacial score (nSPS) is 14.3. The van der Waals surface area contributed by atoms with Crippen molar-refractivity contribution in [3.8, 4) is 102 Å². The van der Waals surface area contributed by atoms with E-state index < -0.39 is 10.8 Å². The van der Waals surface area contributed by atoms with Gasteiger partial charge in [0.05, 0.1) is 0 Å². The van der Waals surface area contributed by atoms with Crippen LogP contribution in [0.4, 0.5) is 0 Å². The van der Waals surface area contributed by atoms with Crippen LogP contribution in [0, 0.1) is 13.8 Å². The Bertz CT molecular complexity index is 4900. The van der Waals surface area contributed by atoms with Crippen molar-refractivity contribution >= 4 is 0 Å². The number of aromatic hydroxyl groups is 8. The van der Waals surface area contributed by atoms with Gasteiger partial charge in [0, 0.05) is 58.8 Å². The van der Waals surface area contributed by atoms with Gasteiger partial charge in [-0.2, -0.15) is 0 Å². The summed E-state index contributed by atoms with van der Waals surface area (Å²) in [7, 11) is 0.